The van der Waals surface area contributed by atoms with Gasteiger partial charge in [-0.15, -0.1) is 0 Å². The maximum Gasteiger partial charge on any atom is 0.387 e. The number of hydrogen-bond donors (Lipinski definition) is 2. The predicted molar refractivity (Wildman–Crippen MR) is 105 cm³/mol. The minimum absolute atomic E-state index is 0.0498. The Morgan fingerprint density at radius 2 is 2.00 bits per heavy atom. The van der Waals surface area contributed by atoms with Crippen molar-refractivity contribution in [2.45, 2.75) is 46.4 Å². The summed E-state index contributed by atoms with van der Waals surface area (Å²) in [7, 11) is 3.75. The molecule has 1 aromatic carbocycles. The standard InChI is InChI=1S/C19H32F2N4O2/c1-6-14(3)25(5)12-11-23-19(22-4)24-13-15-9-8-10-16(26-7-2)17(15)27-18(20)21/h8-10,14,18H,6-7,11-13H2,1-5H3,(H2,22,23,24). The van der Waals surface area contributed by atoms with Crippen LogP contribution in [0.25, 0.3) is 0 Å². The van der Waals surface area contributed by atoms with Crippen LogP contribution < -0.4 is 20.1 Å². The van der Waals surface area contributed by atoms with Crippen LogP contribution in [0.3, 0.4) is 0 Å². The van der Waals surface area contributed by atoms with Gasteiger partial charge in [0, 0.05) is 38.3 Å². The monoisotopic (exact) mass is 386 g/mol. The highest BCUT2D eigenvalue weighted by Crippen LogP contribution is 2.32. The molecule has 6 nitrogen and oxygen atoms in total. The normalized spacial score (nSPS) is 13.0. The molecule has 0 bridgehead atoms. The Bertz CT molecular complexity index is 585. The molecular weight excluding hydrogens is 354 g/mol. The predicted octanol–water partition coefficient (Wildman–Crippen LogP) is 3.08. The van der Waals surface area contributed by atoms with Crippen molar-refractivity contribution in [1.82, 2.24) is 15.5 Å². The Kier molecular flexibility index (Phi) is 10.5. The first-order chi connectivity index (χ1) is 12.9. The van der Waals surface area contributed by atoms with E-state index in [-0.39, 0.29) is 12.3 Å². The summed E-state index contributed by atoms with van der Waals surface area (Å²) < 4.78 is 35.6. The number of likely N-dealkylation sites (N-methyl/N-ethyl adjacent to an activating group) is 1. The second kappa shape index (κ2) is 12.3. The lowest BCUT2D eigenvalue weighted by Crippen LogP contribution is -2.42. The summed E-state index contributed by atoms with van der Waals surface area (Å²) in [5, 5.41) is 6.35. The fraction of sp³-hybridized carbons (Fsp3) is 0.632. The van der Waals surface area contributed by atoms with Crippen molar-refractivity contribution in [3.63, 3.8) is 0 Å². The maximum atomic E-state index is 12.8. The van der Waals surface area contributed by atoms with Crippen LogP contribution in [0.5, 0.6) is 11.5 Å². The van der Waals surface area contributed by atoms with Gasteiger partial charge in [-0.3, -0.25) is 4.99 Å². The van der Waals surface area contributed by atoms with Crippen molar-refractivity contribution in [2.75, 3.05) is 33.8 Å². The molecule has 0 radical (unpaired) electrons. The minimum atomic E-state index is -2.92. The number of hydrogen-bond acceptors (Lipinski definition) is 4. The Morgan fingerprint density at radius 1 is 1.26 bits per heavy atom. The fourth-order valence-electron chi connectivity index (χ4n) is 2.47. The van der Waals surface area contributed by atoms with E-state index in [4.69, 9.17) is 4.74 Å². The van der Waals surface area contributed by atoms with Crippen LogP contribution >= 0.6 is 0 Å². The largest absolute Gasteiger partial charge is 0.490 e. The summed E-state index contributed by atoms with van der Waals surface area (Å²) in [5.74, 6) is 0.946. The Labute approximate surface area is 160 Å². The van der Waals surface area contributed by atoms with Crippen LogP contribution in [-0.4, -0.2) is 57.3 Å². The molecule has 0 spiro atoms. The SMILES string of the molecule is CCOc1cccc(CNC(=NC)NCCN(C)C(C)CC)c1OC(F)F. The van der Waals surface area contributed by atoms with E-state index in [1.165, 1.54) is 0 Å². The van der Waals surface area contributed by atoms with Crippen LogP contribution in [0.15, 0.2) is 23.2 Å². The molecule has 0 saturated carbocycles. The zero-order chi connectivity index (χ0) is 20.2. The zero-order valence-electron chi connectivity index (χ0n) is 16.9. The molecule has 0 heterocycles. The summed E-state index contributed by atoms with van der Waals surface area (Å²) in [4.78, 5) is 6.43. The van der Waals surface area contributed by atoms with Crippen molar-refractivity contribution >= 4 is 5.96 Å². The Balaban J connectivity index is 2.67. The molecule has 154 valence electrons. The van der Waals surface area contributed by atoms with Gasteiger partial charge in [0.05, 0.1) is 6.61 Å². The molecular formula is C19H32F2N4O2. The highest BCUT2D eigenvalue weighted by molar-refractivity contribution is 5.79. The highest BCUT2D eigenvalue weighted by Gasteiger charge is 2.16. The van der Waals surface area contributed by atoms with E-state index in [9.17, 15) is 8.78 Å². The van der Waals surface area contributed by atoms with Crippen LogP contribution in [0.1, 0.15) is 32.8 Å². The van der Waals surface area contributed by atoms with Crippen molar-refractivity contribution in [1.29, 1.82) is 0 Å². The van der Waals surface area contributed by atoms with Gasteiger partial charge in [0.15, 0.2) is 17.5 Å². The molecule has 0 amide bonds. The van der Waals surface area contributed by atoms with Gasteiger partial charge in [-0.25, -0.2) is 0 Å². The lowest BCUT2D eigenvalue weighted by molar-refractivity contribution is -0.0520. The van der Waals surface area contributed by atoms with Crippen molar-refractivity contribution in [3.8, 4) is 11.5 Å². The number of para-hydroxylation sites is 1. The van der Waals surface area contributed by atoms with E-state index in [1.54, 1.807) is 32.2 Å². The fourth-order valence-corrected chi connectivity index (χ4v) is 2.47. The molecule has 1 unspecified atom stereocenters. The first-order valence-corrected chi connectivity index (χ1v) is 9.27. The third kappa shape index (κ3) is 7.99. The number of ether oxygens (including phenoxy) is 2. The molecule has 27 heavy (non-hydrogen) atoms. The summed E-state index contributed by atoms with van der Waals surface area (Å²) in [6.07, 6.45) is 1.09. The number of alkyl halides is 2. The van der Waals surface area contributed by atoms with E-state index in [2.05, 4.69) is 46.2 Å². The van der Waals surface area contributed by atoms with Gasteiger partial charge in [0.2, 0.25) is 0 Å². The molecule has 0 aromatic heterocycles. The molecule has 1 aromatic rings. The summed E-state index contributed by atoms with van der Waals surface area (Å²) in [6.45, 7) is 5.45. The smallest absolute Gasteiger partial charge is 0.387 e. The maximum absolute atomic E-state index is 12.8. The quantitative estimate of drug-likeness (QED) is 0.452. The molecule has 1 rings (SSSR count). The number of nitrogens with zero attached hydrogens (tertiary/aromatic N) is 2. The average Bonchev–Trinajstić information content (AvgIpc) is 2.65. The van der Waals surface area contributed by atoms with Crippen LogP contribution in [0, 0.1) is 0 Å². The zero-order valence-corrected chi connectivity index (χ0v) is 16.9. The molecule has 2 N–H and O–H groups in total. The van der Waals surface area contributed by atoms with E-state index < -0.39 is 6.61 Å². The molecule has 1 atom stereocenters. The number of nitrogens with one attached hydrogen (secondary N) is 2. The van der Waals surface area contributed by atoms with E-state index in [0.717, 1.165) is 19.5 Å². The van der Waals surface area contributed by atoms with Crippen LogP contribution in [0.4, 0.5) is 8.78 Å². The molecule has 8 heteroatoms. The van der Waals surface area contributed by atoms with Gasteiger partial charge in [-0.1, -0.05) is 19.1 Å². The van der Waals surface area contributed by atoms with Gasteiger partial charge in [0.25, 0.3) is 0 Å². The molecule has 0 aliphatic carbocycles. The summed E-state index contributed by atoms with van der Waals surface area (Å²) in [6, 6.07) is 5.59. The minimum Gasteiger partial charge on any atom is -0.490 e. The average molecular weight is 386 g/mol. The molecule has 0 aliphatic rings. The van der Waals surface area contributed by atoms with Crippen molar-refractivity contribution in [3.05, 3.63) is 23.8 Å². The van der Waals surface area contributed by atoms with Gasteiger partial charge >= 0.3 is 6.61 Å². The Hall–Kier alpha value is -2.09. The lowest BCUT2D eigenvalue weighted by atomic mass is 10.2. The van der Waals surface area contributed by atoms with Gasteiger partial charge in [-0.05, 0) is 33.4 Å². The summed E-state index contributed by atoms with van der Waals surface area (Å²) in [5.41, 5.74) is 0.570. The van der Waals surface area contributed by atoms with Crippen LogP contribution in [0.2, 0.25) is 0 Å². The first kappa shape index (κ1) is 23.0. The van der Waals surface area contributed by atoms with Gasteiger partial charge < -0.3 is 25.0 Å². The molecule has 0 aliphatic heterocycles. The van der Waals surface area contributed by atoms with E-state index in [1.807, 2.05) is 0 Å². The molecule has 0 saturated heterocycles. The lowest BCUT2D eigenvalue weighted by Gasteiger charge is -2.24. The third-order valence-corrected chi connectivity index (χ3v) is 4.34. The van der Waals surface area contributed by atoms with Crippen LogP contribution in [-0.2, 0) is 6.54 Å². The highest BCUT2D eigenvalue weighted by atomic mass is 19.3. The Morgan fingerprint density at radius 3 is 2.59 bits per heavy atom. The first-order valence-electron chi connectivity index (χ1n) is 9.27. The van der Waals surface area contributed by atoms with Gasteiger partial charge in [-0.2, -0.15) is 8.78 Å². The number of halogens is 2. The van der Waals surface area contributed by atoms with Crippen molar-refractivity contribution < 1.29 is 18.3 Å². The number of rotatable bonds is 11. The third-order valence-electron chi connectivity index (χ3n) is 4.34. The van der Waals surface area contributed by atoms with E-state index >= 15 is 0 Å². The second-order valence-electron chi connectivity index (χ2n) is 6.15. The number of aliphatic imine (C=N–C) groups is 1. The van der Waals surface area contributed by atoms with E-state index in [0.29, 0.717) is 29.9 Å². The number of benzene rings is 1. The van der Waals surface area contributed by atoms with Crippen molar-refractivity contribution in [2.24, 2.45) is 4.99 Å². The molecule has 0 fully saturated rings. The second-order valence-corrected chi connectivity index (χ2v) is 6.15. The number of guanidine groups is 1. The van der Waals surface area contributed by atoms with Gasteiger partial charge in [0.1, 0.15) is 0 Å². The summed E-state index contributed by atoms with van der Waals surface area (Å²) >= 11 is 0. The topological polar surface area (TPSA) is 58.1 Å².